The molecule has 0 saturated carbocycles. The maximum Gasteiger partial charge on any atom is 1.00 e. The maximum atomic E-state index is 10.9. The molecule has 2 rings (SSSR count). The maximum absolute atomic E-state index is 10.9. The smallest absolute Gasteiger partial charge is 0.625 e. The van der Waals surface area contributed by atoms with Gasteiger partial charge in [0, 0.05) is 11.4 Å². The molecule has 0 aromatic carbocycles. The molecular weight excluding hydrogens is 238 g/mol. The van der Waals surface area contributed by atoms with E-state index in [1.165, 1.54) is 0 Å². The average molecular weight is 247 g/mol. The van der Waals surface area contributed by atoms with E-state index in [0.29, 0.717) is 6.42 Å². The minimum absolute atomic E-state index is 0. The van der Waals surface area contributed by atoms with E-state index in [0.717, 1.165) is 23.5 Å². The molecule has 0 saturated heterocycles. The molecule has 1 aliphatic heterocycles. The SMILES string of the molecule is Cc1ccc2c(n1)CCC(=O)[N-]2.[Rb+]. The van der Waals surface area contributed by atoms with Crippen molar-refractivity contribution in [3.8, 4) is 0 Å². The van der Waals surface area contributed by atoms with Crippen molar-refractivity contribution in [3.05, 3.63) is 28.8 Å². The quantitative estimate of drug-likeness (QED) is 0.582. The second-order valence-electron chi connectivity index (χ2n) is 2.92. The van der Waals surface area contributed by atoms with E-state index < -0.39 is 0 Å². The summed E-state index contributed by atoms with van der Waals surface area (Å²) in [6.07, 6.45) is 1.24. The first kappa shape index (κ1) is 11.5. The standard InChI is InChI=1S/C9H10N2O.Rb/c1-6-2-3-8-7(10-6)4-5-9(12)11-8;/h2-3H,4-5H2,1H3,(H,11,12);/q;+1/p-1. The van der Waals surface area contributed by atoms with Crippen LogP contribution in [-0.4, -0.2) is 10.9 Å². The van der Waals surface area contributed by atoms with Gasteiger partial charge < -0.3 is 10.1 Å². The van der Waals surface area contributed by atoms with Crippen LogP contribution in [0.25, 0.3) is 5.32 Å². The van der Waals surface area contributed by atoms with E-state index in [1.54, 1.807) is 0 Å². The van der Waals surface area contributed by atoms with Gasteiger partial charge in [0.25, 0.3) is 0 Å². The van der Waals surface area contributed by atoms with Gasteiger partial charge in [-0.05, 0) is 25.8 Å². The number of carbonyl (C=O) groups excluding carboxylic acids is 1. The second-order valence-corrected chi connectivity index (χ2v) is 2.92. The van der Waals surface area contributed by atoms with Gasteiger partial charge in [-0.15, -0.1) is 5.69 Å². The summed E-state index contributed by atoms with van der Waals surface area (Å²) in [5, 5.41) is 3.89. The molecule has 0 N–H and O–H groups in total. The summed E-state index contributed by atoms with van der Waals surface area (Å²) in [5.74, 6) is -0.0341. The summed E-state index contributed by atoms with van der Waals surface area (Å²) in [7, 11) is 0. The first-order valence-corrected chi connectivity index (χ1v) is 3.97. The Hall–Kier alpha value is 0.425. The molecule has 1 aliphatic rings. The minimum atomic E-state index is -0.0341. The van der Waals surface area contributed by atoms with E-state index in [1.807, 2.05) is 19.1 Å². The van der Waals surface area contributed by atoms with Crippen LogP contribution in [0.4, 0.5) is 5.69 Å². The Morgan fingerprint density at radius 1 is 1.38 bits per heavy atom. The monoisotopic (exact) mass is 246 g/mol. The summed E-state index contributed by atoms with van der Waals surface area (Å²) in [6, 6.07) is 3.73. The van der Waals surface area contributed by atoms with E-state index in [-0.39, 0.29) is 64.1 Å². The Bertz CT molecular complexity index is 338. The summed E-state index contributed by atoms with van der Waals surface area (Å²) in [5.41, 5.74) is 2.68. The molecule has 0 atom stereocenters. The molecule has 3 nitrogen and oxygen atoms in total. The third kappa shape index (κ3) is 2.69. The number of hydrogen-bond acceptors (Lipinski definition) is 2. The number of aromatic nitrogens is 1. The predicted molar refractivity (Wildman–Crippen MR) is 45.3 cm³/mol. The zero-order valence-electron chi connectivity index (χ0n) is 7.87. The van der Waals surface area contributed by atoms with E-state index >= 15 is 0 Å². The molecule has 4 heteroatoms. The van der Waals surface area contributed by atoms with Crippen LogP contribution < -0.4 is 58.2 Å². The van der Waals surface area contributed by atoms with E-state index in [2.05, 4.69) is 10.3 Å². The molecule has 62 valence electrons. The fourth-order valence-electron chi connectivity index (χ4n) is 1.30. The molecule has 0 unspecified atom stereocenters. The number of aryl methyl sites for hydroxylation is 2. The van der Waals surface area contributed by atoms with Gasteiger partial charge >= 0.3 is 58.2 Å². The summed E-state index contributed by atoms with van der Waals surface area (Å²) >= 11 is 0. The van der Waals surface area contributed by atoms with Crippen molar-refractivity contribution in [2.45, 2.75) is 19.8 Å². The van der Waals surface area contributed by atoms with Gasteiger partial charge in [0.1, 0.15) is 0 Å². The van der Waals surface area contributed by atoms with Crippen LogP contribution in [0, 0.1) is 6.92 Å². The van der Waals surface area contributed by atoms with Gasteiger partial charge in [0.05, 0.1) is 5.91 Å². The fourth-order valence-corrected chi connectivity index (χ4v) is 1.30. The number of nitrogens with zero attached hydrogens (tertiary/aromatic N) is 2. The molecule has 13 heavy (non-hydrogen) atoms. The third-order valence-electron chi connectivity index (χ3n) is 1.91. The van der Waals surface area contributed by atoms with Crippen LogP contribution in [0.3, 0.4) is 0 Å². The van der Waals surface area contributed by atoms with E-state index in [9.17, 15) is 4.79 Å². The second kappa shape index (κ2) is 4.78. The summed E-state index contributed by atoms with van der Waals surface area (Å²) < 4.78 is 0. The zero-order chi connectivity index (χ0) is 8.55. The Morgan fingerprint density at radius 2 is 2.15 bits per heavy atom. The molecule has 1 amide bonds. The van der Waals surface area contributed by atoms with Crippen LogP contribution in [-0.2, 0) is 11.2 Å². The van der Waals surface area contributed by atoms with Gasteiger partial charge in [-0.3, -0.25) is 4.98 Å². The number of rotatable bonds is 0. The molecule has 0 fully saturated rings. The third-order valence-corrected chi connectivity index (χ3v) is 1.91. The van der Waals surface area contributed by atoms with Crippen LogP contribution >= 0.6 is 0 Å². The molecule has 0 radical (unpaired) electrons. The number of carbonyl (C=O) groups is 1. The number of pyridine rings is 1. The number of amides is 1. The number of fused-ring (bicyclic) bond motifs is 1. The first-order valence-electron chi connectivity index (χ1n) is 3.97. The topological polar surface area (TPSA) is 44.1 Å². The van der Waals surface area contributed by atoms with Crippen molar-refractivity contribution >= 4 is 11.6 Å². The van der Waals surface area contributed by atoms with Crippen molar-refractivity contribution in [1.29, 1.82) is 0 Å². The van der Waals surface area contributed by atoms with Gasteiger partial charge in [0.2, 0.25) is 0 Å². The Morgan fingerprint density at radius 3 is 2.92 bits per heavy atom. The first-order chi connectivity index (χ1) is 5.75. The average Bonchev–Trinajstić information content (AvgIpc) is 2.05. The summed E-state index contributed by atoms with van der Waals surface area (Å²) in [4.78, 5) is 15.2. The number of hydrogen-bond donors (Lipinski definition) is 0. The van der Waals surface area contributed by atoms with Crippen molar-refractivity contribution in [3.63, 3.8) is 0 Å². The molecule has 0 aliphatic carbocycles. The Labute approximate surface area is 126 Å². The normalized spacial score (nSPS) is 14.1. The largest absolute Gasteiger partial charge is 1.00 e. The zero-order valence-corrected chi connectivity index (χ0v) is 12.8. The van der Waals surface area contributed by atoms with Crippen LogP contribution in [0.2, 0.25) is 0 Å². The van der Waals surface area contributed by atoms with Gasteiger partial charge in [-0.2, -0.15) is 0 Å². The molecule has 0 bridgehead atoms. The fraction of sp³-hybridized carbons (Fsp3) is 0.333. The van der Waals surface area contributed by atoms with Crippen LogP contribution in [0.1, 0.15) is 17.8 Å². The van der Waals surface area contributed by atoms with Crippen LogP contribution in [0.5, 0.6) is 0 Å². The Kier molecular flexibility index (Phi) is 4.23. The Balaban J connectivity index is 0.000000845. The van der Waals surface area contributed by atoms with Gasteiger partial charge in [0.15, 0.2) is 0 Å². The van der Waals surface area contributed by atoms with E-state index in [4.69, 9.17) is 0 Å². The van der Waals surface area contributed by atoms with Crippen LogP contribution in [0.15, 0.2) is 12.1 Å². The van der Waals surface area contributed by atoms with Crippen molar-refractivity contribution < 1.29 is 63.0 Å². The molecule has 1 aromatic rings. The van der Waals surface area contributed by atoms with Crippen molar-refractivity contribution in [2.75, 3.05) is 0 Å². The molecule has 0 spiro atoms. The predicted octanol–water partition coefficient (Wildman–Crippen LogP) is -1.13. The van der Waals surface area contributed by atoms with Crippen molar-refractivity contribution in [2.24, 2.45) is 0 Å². The summed E-state index contributed by atoms with van der Waals surface area (Å²) in [6.45, 7) is 1.94. The minimum Gasteiger partial charge on any atom is -0.625 e. The van der Waals surface area contributed by atoms with Gasteiger partial charge in [-0.25, -0.2) is 0 Å². The molecular formula is C9H9N2ORb. The molecule has 2 heterocycles. The van der Waals surface area contributed by atoms with Crippen molar-refractivity contribution in [1.82, 2.24) is 4.98 Å². The molecule has 1 aromatic heterocycles. The van der Waals surface area contributed by atoms with Gasteiger partial charge in [-0.1, -0.05) is 6.07 Å².